The summed E-state index contributed by atoms with van der Waals surface area (Å²) in [5, 5.41) is 0. The number of benzene rings is 3. The van der Waals surface area contributed by atoms with Crippen molar-refractivity contribution in [2.75, 3.05) is 37.4 Å². The Hall–Kier alpha value is -3.49. The van der Waals surface area contributed by atoms with E-state index in [-0.39, 0.29) is 10.8 Å². The van der Waals surface area contributed by atoms with Gasteiger partial charge in [0.25, 0.3) is 15.9 Å². The zero-order valence-corrected chi connectivity index (χ0v) is 26.2. The van der Waals surface area contributed by atoms with Gasteiger partial charge < -0.3 is 9.80 Å². The van der Waals surface area contributed by atoms with Crippen molar-refractivity contribution in [3.63, 3.8) is 0 Å². The number of sulfonamides is 1. The van der Waals surface area contributed by atoms with Crippen molar-refractivity contribution in [1.29, 1.82) is 0 Å². The molecule has 1 saturated heterocycles. The topological polar surface area (TPSA) is 82.1 Å². The first kappa shape index (κ1) is 31.0. The van der Waals surface area contributed by atoms with Crippen LogP contribution < -0.4 is 4.72 Å². The Kier molecular flexibility index (Phi) is 10.3. The summed E-state index contributed by atoms with van der Waals surface area (Å²) in [5.41, 5.74) is 3.85. The Bertz CT molecular complexity index is 1500. The van der Waals surface area contributed by atoms with Gasteiger partial charge in [0, 0.05) is 43.6 Å². The third kappa shape index (κ3) is 7.73. The van der Waals surface area contributed by atoms with Crippen LogP contribution in [-0.2, 0) is 10.0 Å². The zero-order valence-electron chi connectivity index (χ0n) is 25.4. The van der Waals surface area contributed by atoms with Crippen LogP contribution in [0.3, 0.4) is 0 Å². The Morgan fingerprint density at radius 3 is 2.37 bits per heavy atom. The van der Waals surface area contributed by atoms with Crippen LogP contribution in [0.5, 0.6) is 0 Å². The molecule has 1 heterocycles. The first-order valence-electron chi connectivity index (χ1n) is 15.7. The lowest BCUT2D eigenvalue weighted by atomic mass is 9.83. The van der Waals surface area contributed by atoms with Crippen molar-refractivity contribution < 1.29 is 13.2 Å². The van der Waals surface area contributed by atoms with E-state index >= 15 is 0 Å². The minimum atomic E-state index is -3.89. The molecule has 1 aliphatic heterocycles. The fourth-order valence-electron chi connectivity index (χ4n) is 6.47. The molecule has 0 bridgehead atoms. The maximum atomic E-state index is 13.6. The molecule has 228 valence electrons. The predicted molar refractivity (Wildman–Crippen MR) is 175 cm³/mol. The number of amides is 1. The highest BCUT2D eigenvalue weighted by Gasteiger charge is 2.26. The molecule has 1 atom stereocenters. The molecule has 1 saturated carbocycles. The summed E-state index contributed by atoms with van der Waals surface area (Å²) >= 11 is 0. The van der Waals surface area contributed by atoms with Gasteiger partial charge in [0.05, 0.1) is 5.69 Å². The van der Waals surface area contributed by atoms with Crippen molar-refractivity contribution in [1.82, 2.24) is 9.80 Å². The first-order chi connectivity index (χ1) is 20.9. The van der Waals surface area contributed by atoms with Gasteiger partial charge in [-0.3, -0.25) is 14.5 Å². The van der Waals surface area contributed by atoms with Gasteiger partial charge in [-0.2, -0.15) is 0 Å². The van der Waals surface area contributed by atoms with Gasteiger partial charge in [-0.25, -0.2) is 8.42 Å². The van der Waals surface area contributed by atoms with Gasteiger partial charge >= 0.3 is 0 Å². The van der Waals surface area contributed by atoms with Gasteiger partial charge in [0.15, 0.2) is 0 Å². The van der Waals surface area contributed by atoms with Crippen molar-refractivity contribution in [2.24, 2.45) is 4.99 Å². The smallest absolute Gasteiger partial charge is 0.264 e. The van der Waals surface area contributed by atoms with E-state index in [0.717, 1.165) is 57.3 Å². The Labute approximate surface area is 257 Å². The van der Waals surface area contributed by atoms with Crippen LogP contribution in [0, 0.1) is 0 Å². The number of para-hydroxylation sites is 1. The van der Waals surface area contributed by atoms with E-state index in [1.54, 1.807) is 36.5 Å². The summed E-state index contributed by atoms with van der Waals surface area (Å²) < 4.78 is 29.9. The fourth-order valence-corrected chi connectivity index (χ4v) is 7.71. The molecule has 5 rings (SSSR count). The van der Waals surface area contributed by atoms with Crippen LogP contribution in [0.15, 0.2) is 82.7 Å². The van der Waals surface area contributed by atoms with Crippen LogP contribution in [0.4, 0.5) is 11.4 Å². The molecule has 1 N–H and O–H groups in total. The lowest BCUT2D eigenvalue weighted by Crippen LogP contribution is -2.36. The Balaban J connectivity index is 1.23. The molecule has 2 fully saturated rings. The quantitative estimate of drug-likeness (QED) is 0.263. The van der Waals surface area contributed by atoms with E-state index in [1.807, 2.05) is 30.0 Å². The largest absolute Gasteiger partial charge is 0.337 e. The average Bonchev–Trinajstić information content (AvgIpc) is 3.27. The molecule has 0 aromatic heterocycles. The zero-order chi connectivity index (χ0) is 30.2. The highest BCUT2D eigenvalue weighted by molar-refractivity contribution is 7.92. The van der Waals surface area contributed by atoms with Gasteiger partial charge in [-0.15, -0.1) is 0 Å². The fraction of sp³-hybridized carbons (Fsp3) is 0.429. The summed E-state index contributed by atoms with van der Waals surface area (Å²) in [6.07, 6.45) is 8.24. The molecule has 1 unspecified atom stereocenters. The molecule has 3 aromatic carbocycles. The van der Waals surface area contributed by atoms with Crippen LogP contribution >= 0.6 is 0 Å². The van der Waals surface area contributed by atoms with Gasteiger partial charge in [-0.05, 0) is 86.0 Å². The monoisotopic (exact) mass is 600 g/mol. The number of nitrogens with one attached hydrogen (secondary N) is 1. The molecular weight excluding hydrogens is 556 g/mol. The molecule has 1 amide bonds. The summed E-state index contributed by atoms with van der Waals surface area (Å²) in [7, 11) is -3.89. The van der Waals surface area contributed by atoms with Crippen molar-refractivity contribution in [2.45, 2.75) is 69.1 Å². The van der Waals surface area contributed by atoms with E-state index in [9.17, 15) is 13.2 Å². The van der Waals surface area contributed by atoms with E-state index in [0.29, 0.717) is 41.9 Å². The van der Waals surface area contributed by atoms with E-state index in [4.69, 9.17) is 0 Å². The van der Waals surface area contributed by atoms with Gasteiger partial charge in [0.1, 0.15) is 4.90 Å². The number of aliphatic imine (C=N–C) groups is 1. The number of nitrogens with zero attached hydrogens (tertiary/aromatic N) is 3. The molecule has 7 nitrogen and oxygen atoms in total. The SMILES string of the molecule is CC=Nc1c(C2CCCCC2)cccc1S(=O)(=O)Nc1ccc(C(=O)N2CCCN(CC(C)c3ccccc3)CC2)cc1. The molecule has 8 heteroatoms. The van der Waals surface area contributed by atoms with E-state index in [1.165, 1.54) is 12.0 Å². The lowest BCUT2D eigenvalue weighted by molar-refractivity contribution is 0.0761. The number of carbonyl (C=O) groups is 1. The highest BCUT2D eigenvalue weighted by Crippen LogP contribution is 2.40. The van der Waals surface area contributed by atoms with Gasteiger partial charge in [0.2, 0.25) is 0 Å². The number of hydrogen-bond donors (Lipinski definition) is 1. The molecular formula is C35H44N4O3S. The Morgan fingerprint density at radius 2 is 1.65 bits per heavy atom. The minimum Gasteiger partial charge on any atom is -0.337 e. The number of hydrogen-bond acceptors (Lipinski definition) is 5. The second kappa shape index (κ2) is 14.3. The van der Waals surface area contributed by atoms with Gasteiger partial charge in [-0.1, -0.05) is 68.7 Å². The third-order valence-corrected chi connectivity index (χ3v) is 10.2. The summed E-state index contributed by atoms with van der Waals surface area (Å²) in [6, 6.07) is 22.8. The van der Waals surface area contributed by atoms with Crippen LogP contribution in [0.25, 0.3) is 0 Å². The maximum absolute atomic E-state index is 13.6. The van der Waals surface area contributed by atoms with E-state index in [2.05, 4.69) is 45.8 Å². The van der Waals surface area contributed by atoms with Crippen LogP contribution in [-0.4, -0.2) is 63.1 Å². The number of anilines is 1. The molecule has 0 radical (unpaired) electrons. The molecule has 1 aliphatic carbocycles. The maximum Gasteiger partial charge on any atom is 0.264 e. The Morgan fingerprint density at radius 1 is 0.907 bits per heavy atom. The summed E-state index contributed by atoms with van der Waals surface area (Å²) in [6.45, 7) is 8.22. The van der Waals surface area contributed by atoms with Crippen molar-refractivity contribution in [3.05, 3.63) is 89.5 Å². The minimum absolute atomic E-state index is 0.0212. The summed E-state index contributed by atoms with van der Waals surface area (Å²) in [4.78, 5) is 22.4. The third-order valence-electron chi connectivity index (χ3n) is 8.78. The molecule has 2 aliphatic rings. The second-order valence-corrected chi connectivity index (χ2v) is 13.5. The predicted octanol–water partition coefficient (Wildman–Crippen LogP) is 7.21. The number of rotatable bonds is 9. The second-order valence-electron chi connectivity index (χ2n) is 11.9. The van der Waals surface area contributed by atoms with Crippen molar-refractivity contribution >= 4 is 33.5 Å². The molecule has 0 spiro atoms. The van der Waals surface area contributed by atoms with Crippen LogP contribution in [0.1, 0.15) is 85.7 Å². The standard InChI is InChI=1S/C35H44N4O3S/c1-3-36-34-32(29-14-8-5-9-15-29)16-10-17-33(34)43(41,42)37-31-20-18-30(19-21-31)35(40)39-23-11-22-38(24-25-39)26-27(2)28-12-6-4-7-13-28/h3-4,6-7,10,12-13,16-21,27,29,37H,5,8-9,11,14-15,22-26H2,1-2H3. The average molecular weight is 601 g/mol. The van der Waals surface area contributed by atoms with Crippen LogP contribution in [0.2, 0.25) is 0 Å². The highest BCUT2D eigenvalue weighted by atomic mass is 32.2. The normalized spacial score (nSPS) is 18.0. The first-order valence-corrected chi connectivity index (χ1v) is 17.1. The van der Waals surface area contributed by atoms with E-state index < -0.39 is 10.0 Å². The molecule has 3 aromatic rings. The van der Waals surface area contributed by atoms with Crippen molar-refractivity contribution in [3.8, 4) is 0 Å². The lowest BCUT2D eigenvalue weighted by Gasteiger charge is -2.25. The molecule has 43 heavy (non-hydrogen) atoms. The summed E-state index contributed by atoms with van der Waals surface area (Å²) in [5.74, 6) is 0.734. The number of carbonyl (C=O) groups excluding carboxylic acids is 1.